The summed E-state index contributed by atoms with van der Waals surface area (Å²) in [6.07, 6.45) is 0. The summed E-state index contributed by atoms with van der Waals surface area (Å²) in [5.74, 6) is 0. The molecule has 10 aromatic rings. The zero-order valence-electron chi connectivity index (χ0n) is 29.2. The largest absolute Gasteiger partial charge is 0.355 e. The van der Waals surface area contributed by atoms with Crippen molar-refractivity contribution in [3.8, 4) is 22.3 Å². The molecule has 1 nitrogen and oxygen atoms in total. The van der Waals surface area contributed by atoms with Crippen molar-refractivity contribution in [1.29, 1.82) is 0 Å². The van der Waals surface area contributed by atoms with Crippen molar-refractivity contribution in [2.24, 2.45) is 0 Å². The molecule has 51 heavy (non-hydrogen) atoms. The Morgan fingerprint density at radius 1 is 0.333 bits per heavy atom. The van der Waals surface area contributed by atoms with E-state index in [0.29, 0.717) is 0 Å². The molecule has 0 saturated carbocycles. The third-order valence-electron chi connectivity index (χ3n) is 10.4. The monoisotopic (exact) mass is 653 g/mol. The van der Waals surface area contributed by atoms with E-state index >= 15 is 0 Å². The number of rotatable bonds is 2. The number of para-hydroxylation sites is 2. The Balaban J connectivity index is 0.000000223. The van der Waals surface area contributed by atoms with Gasteiger partial charge in [-0.05, 0) is 107 Å². The molecule has 10 rings (SSSR count). The molecular weight excluding hydrogens is 615 g/mol. The van der Waals surface area contributed by atoms with Crippen molar-refractivity contribution >= 4 is 64.9 Å². The summed E-state index contributed by atoms with van der Waals surface area (Å²) in [4.78, 5) is 3.38. The van der Waals surface area contributed by atoms with Crippen molar-refractivity contribution in [2.45, 2.75) is 26.2 Å². The summed E-state index contributed by atoms with van der Waals surface area (Å²) in [6.45, 7) is 6.90. The minimum absolute atomic E-state index is 0.0591. The first-order valence-electron chi connectivity index (χ1n) is 17.9. The van der Waals surface area contributed by atoms with Crippen molar-refractivity contribution in [2.75, 3.05) is 0 Å². The molecule has 0 unspecified atom stereocenters. The number of aromatic nitrogens is 1. The van der Waals surface area contributed by atoms with Crippen LogP contribution in [0, 0.1) is 0 Å². The number of benzene rings is 9. The summed E-state index contributed by atoms with van der Waals surface area (Å²) >= 11 is 0. The molecule has 0 aliphatic heterocycles. The van der Waals surface area contributed by atoms with Gasteiger partial charge in [0.15, 0.2) is 0 Å². The Morgan fingerprint density at radius 2 is 0.745 bits per heavy atom. The van der Waals surface area contributed by atoms with Crippen molar-refractivity contribution in [3.63, 3.8) is 0 Å². The fraction of sp³-hybridized carbons (Fsp3) is 0.0800. The van der Waals surface area contributed by atoms with Gasteiger partial charge in [0.25, 0.3) is 0 Å². The molecule has 9 aromatic carbocycles. The van der Waals surface area contributed by atoms with E-state index in [4.69, 9.17) is 0 Å². The van der Waals surface area contributed by atoms with Crippen LogP contribution in [0.3, 0.4) is 0 Å². The van der Waals surface area contributed by atoms with Crippen LogP contribution >= 0.6 is 0 Å². The van der Waals surface area contributed by atoms with E-state index in [1.807, 2.05) is 0 Å². The molecule has 0 aliphatic carbocycles. The van der Waals surface area contributed by atoms with Gasteiger partial charge in [-0.3, -0.25) is 0 Å². The summed E-state index contributed by atoms with van der Waals surface area (Å²) in [5.41, 5.74) is 8.99. The lowest BCUT2D eigenvalue weighted by molar-refractivity contribution is 0.591. The summed E-state index contributed by atoms with van der Waals surface area (Å²) < 4.78 is 0. The SMILES string of the molecule is CC(C)(C)c1ccc2c(-c3ccc4ccccc4c3)c3ccccc3c(-c3ccc4ccccc4c3)c2c1.c1ccc2c(c1)[nH]c1ccccc12. The molecule has 0 atom stereocenters. The average molecular weight is 654 g/mol. The number of H-pyrrole nitrogens is 1. The summed E-state index contributed by atoms with van der Waals surface area (Å²) in [6, 6.07) is 63.9. The first-order valence-corrected chi connectivity index (χ1v) is 17.9. The fourth-order valence-corrected chi connectivity index (χ4v) is 7.76. The van der Waals surface area contributed by atoms with Gasteiger partial charge in [0, 0.05) is 21.8 Å². The minimum atomic E-state index is 0.0591. The zero-order chi connectivity index (χ0) is 34.5. The highest BCUT2D eigenvalue weighted by Crippen LogP contribution is 2.45. The highest BCUT2D eigenvalue weighted by Gasteiger charge is 2.20. The van der Waals surface area contributed by atoms with E-state index in [1.54, 1.807) is 0 Å². The molecular formula is C50H39N. The molecule has 1 heteroatoms. The van der Waals surface area contributed by atoms with Crippen LogP contribution in [0.2, 0.25) is 0 Å². The number of fused-ring (bicyclic) bond motifs is 7. The van der Waals surface area contributed by atoms with Crippen LogP contribution in [0.5, 0.6) is 0 Å². The van der Waals surface area contributed by atoms with Gasteiger partial charge in [0.2, 0.25) is 0 Å². The molecule has 0 fully saturated rings. The maximum Gasteiger partial charge on any atom is 0.0464 e. The highest BCUT2D eigenvalue weighted by molar-refractivity contribution is 6.22. The minimum Gasteiger partial charge on any atom is -0.355 e. The Morgan fingerprint density at radius 3 is 1.25 bits per heavy atom. The van der Waals surface area contributed by atoms with Gasteiger partial charge in [0.1, 0.15) is 0 Å². The summed E-state index contributed by atoms with van der Waals surface area (Å²) in [5, 5.41) is 12.9. The normalized spacial score (nSPS) is 11.8. The lowest BCUT2D eigenvalue weighted by Crippen LogP contribution is -2.10. The van der Waals surface area contributed by atoms with Gasteiger partial charge in [-0.15, -0.1) is 0 Å². The molecule has 0 amide bonds. The molecule has 0 spiro atoms. The van der Waals surface area contributed by atoms with Gasteiger partial charge in [-0.1, -0.05) is 166 Å². The van der Waals surface area contributed by atoms with E-state index in [9.17, 15) is 0 Å². The lowest BCUT2D eigenvalue weighted by atomic mass is 9.81. The Kier molecular flexibility index (Phi) is 7.44. The number of hydrogen-bond donors (Lipinski definition) is 1. The van der Waals surface area contributed by atoms with Crippen molar-refractivity contribution in [1.82, 2.24) is 4.98 Å². The third-order valence-corrected chi connectivity index (χ3v) is 10.4. The predicted octanol–water partition coefficient (Wildman–Crippen LogP) is 14.3. The van der Waals surface area contributed by atoms with E-state index in [2.05, 4.69) is 202 Å². The molecule has 244 valence electrons. The molecule has 0 bridgehead atoms. The maximum absolute atomic E-state index is 3.38. The van der Waals surface area contributed by atoms with Crippen molar-refractivity contribution in [3.05, 3.63) is 181 Å². The molecule has 1 aromatic heterocycles. The van der Waals surface area contributed by atoms with Crippen LogP contribution in [0.25, 0.3) is 87.1 Å². The van der Waals surface area contributed by atoms with Crippen LogP contribution < -0.4 is 0 Å². The average Bonchev–Trinajstić information content (AvgIpc) is 3.55. The van der Waals surface area contributed by atoms with Gasteiger partial charge in [0.05, 0.1) is 0 Å². The first kappa shape index (κ1) is 30.8. The Labute approximate surface area is 298 Å². The zero-order valence-corrected chi connectivity index (χ0v) is 29.2. The first-order chi connectivity index (χ1) is 24.9. The topological polar surface area (TPSA) is 15.8 Å². The van der Waals surface area contributed by atoms with Crippen molar-refractivity contribution < 1.29 is 0 Å². The standard InChI is InChI=1S/C38H30.C12H9N/c1-38(2,3)31-20-21-34-35(24-31)37(30-19-17-26-11-5-7-13-28(26)23-30)33-15-9-8-14-32(33)36(34)29-18-16-25-10-4-6-12-27(25)22-29;1-3-7-11-9(5-1)10-6-2-4-8-12(10)13-11/h4-24H,1-3H3;1-8,13H. The molecule has 1 N–H and O–H groups in total. The van der Waals surface area contributed by atoms with Crippen LogP contribution in [0.1, 0.15) is 26.3 Å². The number of nitrogens with one attached hydrogen (secondary N) is 1. The second-order valence-corrected chi connectivity index (χ2v) is 14.6. The second kappa shape index (κ2) is 12.3. The van der Waals surface area contributed by atoms with E-state index in [0.717, 1.165) is 0 Å². The molecule has 0 saturated heterocycles. The number of aromatic amines is 1. The predicted molar refractivity (Wildman–Crippen MR) is 222 cm³/mol. The van der Waals surface area contributed by atoms with Crippen LogP contribution in [0.15, 0.2) is 176 Å². The number of hydrogen-bond acceptors (Lipinski definition) is 0. The van der Waals surface area contributed by atoms with Gasteiger partial charge >= 0.3 is 0 Å². The molecule has 1 heterocycles. The molecule has 0 radical (unpaired) electrons. The summed E-state index contributed by atoms with van der Waals surface area (Å²) in [7, 11) is 0. The van der Waals surface area contributed by atoms with E-state index in [-0.39, 0.29) is 5.41 Å². The Hall–Kier alpha value is -6.18. The van der Waals surface area contributed by atoms with Crippen LogP contribution in [-0.4, -0.2) is 4.98 Å². The second-order valence-electron chi connectivity index (χ2n) is 14.6. The highest BCUT2D eigenvalue weighted by atomic mass is 14.7. The van der Waals surface area contributed by atoms with Gasteiger partial charge in [-0.25, -0.2) is 0 Å². The van der Waals surface area contributed by atoms with Crippen LogP contribution in [0.4, 0.5) is 0 Å². The van der Waals surface area contributed by atoms with E-state index < -0.39 is 0 Å². The maximum atomic E-state index is 3.38. The van der Waals surface area contributed by atoms with Gasteiger partial charge < -0.3 is 4.98 Å². The fourth-order valence-electron chi connectivity index (χ4n) is 7.76. The van der Waals surface area contributed by atoms with Crippen LogP contribution in [-0.2, 0) is 5.41 Å². The van der Waals surface area contributed by atoms with E-state index in [1.165, 1.54) is 92.7 Å². The Bertz CT molecular complexity index is 2850. The molecule has 0 aliphatic rings. The van der Waals surface area contributed by atoms with Gasteiger partial charge in [-0.2, -0.15) is 0 Å². The quantitative estimate of drug-likeness (QED) is 0.179. The third kappa shape index (κ3) is 5.52. The smallest absolute Gasteiger partial charge is 0.0464 e. The lowest BCUT2D eigenvalue weighted by Gasteiger charge is -2.23.